The van der Waals surface area contributed by atoms with E-state index in [0.717, 1.165) is 5.69 Å². The van der Waals surface area contributed by atoms with Crippen molar-refractivity contribution >= 4 is 27.2 Å². The van der Waals surface area contributed by atoms with Crippen molar-refractivity contribution in [3.8, 4) is 17.3 Å². The average molecular weight is 452 g/mol. The summed E-state index contributed by atoms with van der Waals surface area (Å²) in [5, 5.41) is 15.5. The van der Waals surface area contributed by atoms with E-state index in [2.05, 4.69) is 25.3 Å². The molecule has 4 aromatic rings. The SMILES string of the molecule is COc1ccc(S(=O)(=O)Nc2ccc(Nc3ccc(-n4cccn4)nn3)cc2)cc1OC. The van der Waals surface area contributed by atoms with Crippen molar-refractivity contribution in [1.29, 1.82) is 0 Å². The van der Waals surface area contributed by atoms with E-state index in [4.69, 9.17) is 9.47 Å². The molecular weight excluding hydrogens is 432 g/mol. The summed E-state index contributed by atoms with van der Waals surface area (Å²) in [5.41, 5.74) is 1.13. The average Bonchev–Trinajstić information content (AvgIpc) is 3.35. The van der Waals surface area contributed by atoms with Crippen molar-refractivity contribution < 1.29 is 17.9 Å². The van der Waals surface area contributed by atoms with Crippen molar-refractivity contribution in [2.45, 2.75) is 4.90 Å². The topological polar surface area (TPSA) is 120 Å². The Bertz CT molecular complexity index is 1290. The largest absolute Gasteiger partial charge is 0.493 e. The highest BCUT2D eigenvalue weighted by Gasteiger charge is 2.17. The lowest BCUT2D eigenvalue weighted by atomic mass is 10.3. The molecule has 0 saturated carbocycles. The molecule has 0 amide bonds. The number of hydrogen-bond acceptors (Lipinski definition) is 8. The van der Waals surface area contributed by atoms with Gasteiger partial charge in [-0.15, -0.1) is 10.2 Å². The zero-order valence-electron chi connectivity index (χ0n) is 17.3. The number of aromatic nitrogens is 4. The zero-order chi connectivity index (χ0) is 22.6. The number of rotatable bonds is 8. The van der Waals surface area contributed by atoms with E-state index in [1.165, 1.54) is 26.4 Å². The first-order valence-electron chi connectivity index (χ1n) is 9.44. The fraction of sp³-hybridized carbons (Fsp3) is 0.0952. The van der Waals surface area contributed by atoms with Crippen LogP contribution in [0.25, 0.3) is 5.82 Å². The highest BCUT2D eigenvalue weighted by molar-refractivity contribution is 7.92. The van der Waals surface area contributed by atoms with Gasteiger partial charge in [0.2, 0.25) is 0 Å². The van der Waals surface area contributed by atoms with Gasteiger partial charge in [0.25, 0.3) is 10.0 Å². The number of benzene rings is 2. The fourth-order valence-electron chi connectivity index (χ4n) is 2.89. The number of anilines is 3. The zero-order valence-corrected chi connectivity index (χ0v) is 18.1. The molecule has 2 aromatic heterocycles. The minimum absolute atomic E-state index is 0.0601. The molecule has 10 nitrogen and oxygen atoms in total. The van der Waals surface area contributed by atoms with Gasteiger partial charge >= 0.3 is 0 Å². The lowest BCUT2D eigenvalue weighted by molar-refractivity contribution is 0.354. The van der Waals surface area contributed by atoms with Crippen LogP contribution in [-0.4, -0.2) is 42.6 Å². The summed E-state index contributed by atoms with van der Waals surface area (Å²) in [7, 11) is -0.873. The predicted octanol–water partition coefficient (Wildman–Crippen LogP) is 3.22. The molecule has 0 saturated heterocycles. The first-order valence-corrected chi connectivity index (χ1v) is 10.9. The maximum Gasteiger partial charge on any atom is 0.262 e. The number of sulfonamides is 1. The van der Waals surface area contributed by atoms with E-state index >= 15 is 0 Å². The predicted molar refractivity (Wildman–Crippen MR) is 119 cm³/mol. The Hall–Kier alpha value is -4.12. The molecule has 11 heteroatoms. The van der Waals surface area contributed by atoms with Crippen LogP contribution in [0.2, 0.25) is 0 Å². The first-order chi connectivity index (χ1) is 15.5. The van der Waals surface area contributed by atoms with Crippen molar-refractivity contribution in [2.75, 3.05) is 24.3 Å². The summed E-state index contributed by atoms with van der Waals surface area (Å²) in [6.45, 7) is 0. The van der Waals surface area contributed by atoms with E-state index in [1.807, 2.05) is 0 Å². The van der Waals surface area contributed by atoms with Crippen LogP contribution in [0.4, 0.5) is 17.2 Å². The number of hydrogen-bond donors (Lipinski definition) is 2. The van der Waals surface area contributed by atoms with Gasteiger partial charge in [-0.2, -0.15) is 5.10 Å². The van der Waals surface area contributed by atoms with E-state index in [-0.39, 0.29) is 4.90 Å². The summed E-state index contributed by atoms with van der Waals surface area (Å²) >= 11 is 0. The molecule has 0 aliphatic rings. The summed E-state index contributed by atoms with van der Waals surface area (Å²) in [4.78, 5) is 0.0601. The number of methoxy groups -OCH3 is 2. The molecule has 164 valence electrons. The molecule has 0 aliphatic carbocycles. The second-order valence-corrected chi connectivity index (χ2v) is 8.23. The Balaban J connectivity index is 1.44. The molecule has 0 unspecified atom stereocenters. The van der Waals surface area contributed by atoms with Gasteiger partial charge in [0.15, 0.2) is 23.1 Å². The third-order valence-electron chi connectivity index (χ3n) is 4.46. The molecular formula is C21H20N6O4S. The molecule has 0 aliphatic heterocycles. The molecule has 2 aromatic carbocycles. The van der Waals surface area contributed by atoms with E-state index in [1.54, 1.807) is 65.6 Å². The van der Waals surface area contributed by atoms with Crippen LogP contribution in [0, 0.1) is 0 Å². The Morgan fingerprint density at radius 2 is 1.62 bits per heavy atom. The number of nitrogens with zero attached hydrogens (tertiary/aromatic N) is 4. The van der Waals surface area contributed by atoms with Gasteiger partial charge in [-0.3, -0.25) is 4.72 Å². The maximum absolute atomic E-state index is 12.7. The van der Waals surface area contributed by atoms with Crippen molar-refractivity contribution in [3.05, 3.63) is 73.1 Å². The van der Waals surface area contributed by atoms with Gasteiger partial charge in [-0.25, -0.2) is 13.1 Å². The highest BCUT2D eigenvalue weighted by atomic mass is 32.2. The Morgan fingerprint density at radius 1 is 0.875 bits per heavy atom. The maximum atomic E-state index is 12.7. The number of ether oxygens (including phenoxy) is 2. The lowest BCUT2D eigenvalue weighted by Crippen LogP contribution is -2.13. The Kier molecular flexibility index (Phi) is 5.90. The van der Waals surface area contributed by atoms with E-state index in [9.17, 15) is 8.42 Å². The summed E-state index contributed by atoms with van der Waals surface area (Å²) in [6.07, 6.45) is 3.44. The number of nitrogens with one attached hydrogen (secondary N) is 2. The van der Waals surface area contributed by atoms with Gasteiger partial charge < -0.3 is 14.8 Å². The van der Waals surface area contributed by atoms with E-state index in [0.29, 0.717) is 28.8 Å². The molecule has 32 heavy (non-hydrogen) atoms. The summed E-state index contributed by atoms with van der Waals surface area (Å²) in [5.74, 6) is 1.91. The minimum atomic E-state index is -3.81. The third kappa shape index (κ3) is 4.62. The van der Waals surface area contributed by atoms with Crippen LogP contribution in [0.3, 0.4) is 0 Å². The molecule has 0 fully saturated rings. The standard InChI is InChI=1S/C21H20N6O4S/c1-30-18-9-8-17(14-19(18)31-2)32(28,29)26-16-6-4-15(5-7-16)23-20-10-11-21(25-24-20)27-13-3-12-22-27/h3-14,26H,1-2H3,(H,23,24). The Morgan fingerprint density at radius 3 is 2.25 bits per heavy atom. The first kappa shape index (κ1) is 21.1. The molecule has 2 N–H and O–H groups in total. The van der Waals surface area contributed by atoms with Crippen LogP contribution < -0.4 is 19.5 Å². The van der Waals surface area contributed by atoms with Gasteiger partial charge in [0, 0.05) is 29.8 Å². The summed E-state index contributed by atoms with van der Waals surface area (Å²) < 4.78 is 39.9. The third-order valence-corrected chi connectivity index (χ3v) is 5.84. The normalized spacial score (nSPS) is 11.1. The van der Waals surface area contributed by atoms with Gasteiger partial charge in [0.05, 0.1) is 19.1 Å². The molecule has 0 bridgehead atoms. The van der Waals surface area contributed by atoms with Crippen molar-refractivity contribution in [3.63, 3.8) is 0 Å². The molecule has 0 spiro atoms. The van der Waals surface area contributed by atoms with Crippen LogP contribution in [0.15, 0.2) is 78.0 Å². The highest BCUT2D eigenvalue weighted by Crippen LogP contribution is 2.30. The smallest absolute Gasteiger partial charge is 0.262 e. The molecule has 0 radical (unpaired) electrons. The molecule has 4 rings (SSSR count). The summed E-state index contributed by atoms with van der Waals surface area (Å²) in [6, 6.07) is 16.5. The molecule has 2 heterocycles. The van der Waals surface area contributed by atoms with E-state index < -0.39 is 10.0 Å². The Labute approximate surface area is 184 Å². The van der Waals surface area contributed by atoms with Crippen molar-refractivity contribution in [1.82, 2.24) is 20.0 Å². The monoisotopic (exact) mass is 452 g/mol. The minimum Gasteiger partial charge on any atom is -0.493 e. The van der Waals surface area contributed by atoms with Gasteiger partial charge in [-0.05, 0) is 54.6 Å². The van der Waals surface area contributed by atoms with Gasteiger partial charge in [0.1, 0.15) is 0 Å². The van der Waals surface area contributed by atoms with Crippen LogP contribution in [0.5, 0.6) is 11.5 Å². The van der Waals surface area contributed by atoms with Crippen LogP contribution >= 0.6 is 0 Å². The molecule has 0 atom stereocenters. The lowest BCUT2D eigenvalue weighted by Gasteiger charge is -2.12. The quantitative estimate of drug-likeness (QED) is 0.418. The van der Waals surface area contributed by atoms with Crippen LogP contribution in [-0.2, 0) is 10.0 Å². The van der Waals surface area contributed by atoms with Crippen LogP contribution in [0.1, 0.15) is 0 Å². The fourth-order valence-corrected chi connectivity index (χ4v) is 3.96. The second-order valence-electron chi connectivity index (χ2n) is 6.55. The second kappa shape index (κ2) is 8.94. The van der Waals surface area contributed by atoms with Crippen molar-refractivity contribution in [2.24, 2.45) is 0 Å². The van der Waals surface area contributed by atoms with Gasteiger partial charge in [-0.1, -0.05) is 0 Å².